The number of carbonyl (C=O) groups is 1. The third-order valence-electron chi connectivity index (χ3n) is 4.52. The van der Waals surface area contributed by atoms with Gasteiger partial charge in [-0.3, -0.25) is 4.79 Å². The van der Waals surface area contributed by atoms with E-state index in [-0.39, 0.29) is 19.1 Å². The van der Waals surface area contributed by atoms with Gasteiger partial charge < -0.3 is 19.9 Å². The highest BCUT2D eigenvalue weighted by Crippen LogP contribution is 2.38. The van der Waals surface area contributed by atoms with E-state index < -0.39 is 6.29 Å². The van der Waals surface area contributed by atoms with E-state index in [0.717, 1.165) is 12.8 Å². The second-order valence-electron chi connectivity index (χ2n) is 6.21. The zero-order chi connectivity index (χ0) is 16.5. The Bertz CT molecular complexity index is 448. The minimum atomic E-state index is -0.393. The normalized spacial score (nSPS) is 24.6. The molecule has 0 spiro atoms. The molecule has 1 aliphatic heterocycles. The first-order valence-electron chi connectivity index (χ1n) is 8.57. The van der Waals surface area contributed by atoms with Crippen molar-refractivity contribution in [1.29, 1.82) is 0 Å². The van der Waals surface area contributed by atoms with Crippen molar-refractivity contribution in [2.24, 2.45) is 11.8 Å². The van der Waals surface area contributed by atoms with E-state index in [4.69, 9.17) is 21.0 Å². The zero-order valence-electron chi connectivity index (χ0n) is 13.6. The van der Waals surface area contributed by atoms with Gasteiger partial charge in [-0.25, -0.2) is 0 Å². The summed E-state index contributed by atoms with van der Waals surface area (Å²) in [4.78, 5) is 12.2. The van der Waals surface area contributed by atoms with Crippen molar-refractivity contribution in [3.8, 4) is 12.3 Å². The van der Waals surface area contributed by atoms with Crippen molar-refractivity contribution < 1.29 is 19.4 Å². The highest BCUT2D eigenvalue weighted by Gasteiger charge is 2.33. The van der Waals surface area contributed by atoms with Crippen LogP contribution in [0.1, 0.15) is 44.9 Å². The third kappa shape index (κ3) is 5.56. The van der Waals surface area contributed by atoms with Crippen LogP contribution in [-0.2, 0) is 14.3 Å². The molecule has 1 fully saturated rings. The van der Waals surface area contributed by atoms with Gasteiger partial charge >= 0.3 is 0 Å². The predicted octanol–water partition coefficient (Wildman–Crippen LogP) is 1.96. The van der Waals surface area contributed by atoms with Crippen molar-refractivity contribution in [3.63, 3.8) is 0 Å². The molecular formula is C18H27NO4. The lowest BCUT2D eigenvalue weighted by atomic mass is 9.86. The Kier molecular flexibility index (Phi) is 7.44. The molecule has 2 rings (SSSR count). The highest BCUT2D eigenvalue weighted by molar-refractivity contribution is 5.91. The number of carbonyl (C=O) groups excluding carboxylic acids is 1. The van der Waals surface area contributed by atoms with E-state index >= 15 is 0 Å². The number of rotatable bonds is 8. The summed E-state index contributed by atoms with van der Waals surface area (Å²) < 4.78 is 11.5. The first-order valence-corrected chi connectivity index (χ1v) is 8.57. The van der Waals surface area contributed by atoms with E-state index in [9.17, 15) is 4.79 Å². The molecule has 1 saturated carbocycles. The summed E-state index contributed by atoms with van der Waals surface area (Å²) in [5.74, 6) is 3.38. The number of unbranched alkanes of at least 4 members (excludes halogenated alkanes) is 1. The predicted molar refractivity (Wildman–Crippen MR) is 87.1 cm³/mol. The minimum Gasteiger partial charge on any atom is -0.459 e. The van der Waals surface area contributed by atoms with Crippen LogP contribution in [0.15, 0.2) is 11.8 Å². The quantitative estimate of drug-likeness (QED) is 0.530. The largest absolute Gasteiger partial charge is 0.459 e. The van der Waals surface area contributed by atoms with E-state index in [0.29, 0.717) is 30.6 Å². The molecule has 5 nitrogen and oxygen atoms in total. The summed E-state index contributed by atoms with van der Waals surface area (Å²) in [7, 11) is 0. The molecule has 128 valence electrons. The highest BCUT2D eigenvalue weighted by atomic mass is 16.7. The molecule has 1 amide bonds. The fraction of sp³-hybridized carbons (Fsp3) is 0.722. The number of terminal acetylenes is 1. The Morgan fingerprint density at radius 2 is 2.22 bits per heavy atom. The lowest BCUT2D eigenvalue weighted by molar-refractivity contribution is -0.151. The fourth-order valence-corrected chi connectivity index (χ4v) is 3.31. The Morgan fingerprint density at radius 1 is 1.43 bits per heavy atom. The molecule has 2 N–H and O–H groups in total. The smallest absolute Gasteiger partial charge is 0.286 e. The first-order chi connectivity index (χ1) is 11.2. The van der Waals surface area contributed by atoms with Gasteiger partial charge in [-0.05, 0) is 43.6 Å². The minimum absolute atomic E-state index is 0.166. The van der Waals surface area contributed by atoms with Gasteiger partial charge in [-0.1, -0.05) is 18.8 Å². The Morgan fingerprint density at radius 3 is 2.91 bits per heavy atom. The second kappa shape index (κ2) is 9.59. The van der Waals surface area contributed by atoms with Crippen LogP contribution in [0.3, 0.4) is 0 Å². The molecular weight excluding hydrogens is 294 g/mol. The molecule has 5 heteroatoms. The topological polar surface area (TPSA) is 67.8 Å². The van der Waals surface area contributed by atoms with Gasteiger partial charge in [0.2, 0.25) is 6.29 Å². The van der Waals surface area contributed by atoms with Crippen LogP contribution in [0, 0.1) is 24.2 Å². The maximum absolute atomic E-state index is 12.2. The lowest BCUT2D eigenvalue weighted by Gasteiger charge is -2.31. The van der Waals surface area contributed by atoms with Crippen LogP contribution in [-0.4, -0.2) is 37.1 Å². The SMILES string of the molecule is C#CCNC(=O)C1=C[C@H](C2CCCC2)C[C@H](OCCCCO)O1. The molecule has 0 radical (unpaired) electrons. The molecule has 0 bridgehead atoms. The number of aliphatic hydroxyl groups is 1. The summed E-state index contributed by atoms with van der Waals surface area (Å²) in [6, 6.07) is 0. The molecule has 0 aromatic carbocycles. The van der Waals surface area contributed by atoms with Gasteiger partial charge in [0.05, 0.1) is 13.2 Å². The summed E-state index contributed by atoms with van der Waals surface area (Å²) in [6.07, 6.45) is 14.0. The lowest BCUT2D eigenvalue weighted by Crippen LogP contribution is -2.35. The maximum atomic E-state index is 12.2. The third-order valence-corrected chi connectivity index (χ3v) is 4.52. The number of amides is 1. The van der Waals surface area contributed by atoms with Gasteiger partial charge in [0.25, 0.3) is 5.91 Å². The summed E-state index contributed by atoms with van der Waals surface area (Å²) in [6.45, 7) is 0.886. The Hall–Kier alpha value is -1.51. The molecule has 1 heterocycles. The molecule has 0 saturated heterocycles. The van der Waals surface area contributed by atoms with E-state index in [1.54, 1.807) is 0 Å². The van der Waals surface area contributed by atoms with Crippen LogP contribution < -0.4 is 5.32 Å². The van der Waals surface area contributed by atoms with Crippen molar-refractivity contribution in [3.05, 3.63) is 11.8 Å². The standard InChI is InChI=1S/C18H27NO4/c1-2-9-19-18(21)16-12-15(14-7-3-4-8-14)13-17(23-16)22-11-6-5-10-20/h1,12,14-15,17,20H,3-11,13H2,(H,19,21)/t15-,17+/m0/s1. The zero-order valence-corrected chi connectivity index (χ0v) is 13.6. The average Bonchev–Trinajstić information content (AvgIpc) is 3.11. The average molecular weight is 321 g/mol. The first kappa shape index (κ1) is 17.8. The molecule has 0 unspecified atom stereocenters. The van der Waals surface area contributed by atoms with Gasteiger partial charge in [-0.2, -0.15) is 0 Å². The van der Waals surface area contributed by atoms with Gasteiger partial charge in [0, 0.05) is 13.0 Å². The second-order valence-corrected chi connectivity index (χ2v) is 6.21. The van der Waals surface area contributed by atoms with E-state index in [1.165, 1.54) is 25.7 Å². The summed E-state index contributed by atoms with van der Waals surface area (Å²) in [5, 5.41) is 11.5. The van der Waals surface area contributed by atoms with Crippen LogP contribution in [0.5, 0.6) is 0 Å². The van der Waals surface area contributed by atoms with Crippen molar-refractivity contribution in [2.75, 3.05) is 19.8 Å². The fourth-order valence-electron chi connectivity index (χ4n) is 3.31. The van der Waals surface area contributed by atoms with Crippen molar-refractivity contribution in [1.82, 2.24) is 5.32 Å². The number of hydrogen-bond acceptors (Lipinski definition) is 4. The summed E-state index contributed by atoms with van der Waals surface area (Å²) >= 11 is 0. The van der Waals surface area contributed by atoms with Gasteiger partial charge in [0.15, 0.2) is 5.76 Å². The number of nitrogens with one attached hydrogen (secondary N) is 1. The van der Waals surface area contributed by atoms with E-state index in [1.807, 2.05) is 6.08 Å². The molecule has 2 aliphatic rings. The number of allylic oxidation sites excluding steroid dienone is 1. The van der Waals surface area contributed by atoms with Gasteiger partial charge in [-0.15, -0.1) is 6.42 Å². The van der Waals surface area contributed by atoms with Crippen LogP contribution in [0.25, 0.3) is 0 Å². The van der Waals surface area contributed by atoms with E-state index in [2.05, 4.69) is 11.2 Å². The number of ether oxygens (including phenoxy) is 2. The molecule has 0 aromatic heterocycles. The molecule has 2 atom stereocenters. The maximum Gasteiger partial charge on any atom is 0.286 e. The van der Waals surface area contributed by atoms with Crippen LogP contribution >= 0.6 is 0 Å². The van der Waals surface area contributed by atoms with Crippen molar-refractivity contribution in [2.45, 2.75) is 51.2 Å². The Labute approximate surface area is 138 Å². The number of hydrogen-bond donors (Lipinski definition) is 2. The Balaban J connectivity index is 1.96. The van der Waals surface area contributed by atoms with Crippen LogP contribution in [0.2, 0.25) is 0 Å². The molecule has 0 aromatic rings. The van der Waals surface area contributed by atoms with Crippen molar-refractivity contribution >= 4 is 5.91 Å². The van der Waals surface area contributed by atoms with Crippen LogP contribution in [0.4, 0.5) is 0 Å². The molecule has 23 heavy (non-hydrogen) atoms. The monoisotopic (exact) mass is 321 g/mol. The van der Waals surface area contributed by atoms with Gasteiger partial charge in [0.1, 0.15) is 0 Å². The summed E-state index contributed by atoms with van der Waals surface area (Å²) in [5.41, 5.74) is 0. The number of aliphatic hydroxyl groups excluding tert-OH is 1. The molecule has 1 aliphatic carbocycles.